The molecule has 0 aliphatic carbocycles. The maximum Gasteiger partial charge on any atom is 0.331 e. The monoisotopic (exact) mass is 508 g/mol. The Hall–Kier alpha value is -2.80. The van der Waals surface area contributed by atoms with Crippen LogP contribution >= 0.6 is 11.8 Å². The Balaban J connectivity index is 1.62. The highest BCUT2D eigenvalue weighted by Crippen LogP contribution is 2.46. The minimum absolute atomic E-state index is 0.000650. The summed E-state index contributed by atoms with van der Waals surface area (Å²) in [5.74, 6) is -0.472. The number of rotatable bonds is 4. The van der Waals surface area contributed by atoms with Crippen LogP contribution in [0.2, 0.25) is 0 Å². The third kappa shape index (κ3) is 6.30. The standard InChI is InChI=1S/C29H36N2O4S/c1-29(2)27(28(34)35-26(21-14-8-6-9-15-21)22-16-10-7-11-17-22)31-24(33)19-13-5-3-4-12-18-23(32)30-20-25(31)36-29/h6-11,14-17,25-27H,3-5,12-13,18-20H2,1-2H3,(H,30,32)/t25-,27+/m1/s1. The molecule has 36 heavy (non-hydrogen) atoms. The first-order chi connectivity index (χ1) is 17.4. The second-order valence-corrected chi connectivity index (χ2v) is 11.9. The summed E-state index contributed by atoms with van der Waals surface area (Å²) in [5, 5.41) is 2.68. The Labute approximate surface area is 218 Å². The number of nitrogens with zero attached hydrogens (tertiary/aromatic N) is 1. The van der Waals surface area contributed by atoms with Gasteiger partial charge in [0, 0.05) is 24.1 Å². The zero-order valence-electron chi connectivity index (χ0n) is 21.2. The quantitative estimate of drug-likeness (QED) is 0.573. The Bertz CT molecular complexity index is 1000. The van der Waals surface area contributed by atoms with Gasteiger partial charge in [0.25, 0.3) is 0 Å². The maximum atomic E-state index is 13.9. The summed E-state index contributed by atoms with van der Waals surface area (Å²) in [7, 11) is 0. The molecule has 1 N–H and O–H groups in total. The van der Waals surface area contributed by atoms with Gasteiger partial charge >= 0.3 is 5.97 Å². The molecule has 2 atom stereocenters. The molecule has 2 amide bonds. The Morgan fingerprint density at radius 1 is 0.917 bits per heavy atom. The van der Waals surface area contributed by atoms with Gasteiger partial charge in [-0.15, -0.1) is 11.8 Å². The van der Waals surface area contributed by atoms with Crippen molar-refractivity contribution in [3.63, 3.8) is 0 Å². The van der Waals surface area contributed by atoms with E-state index in [-0.39, 0.29) is 17.2 Å². The molecule has 192 valence electrons. The zero-order chi connectivity index (χ0) is 25.5. The van der Waals surface area contributed by atoms with Gasteiger partial charge in [-0.2, -0.15) is 0 Å². The fourth-order valence-corrected chi connectivity index (χ4v) is 6.65. The van der Waals surface area contributed by atoms with Crippen molar-refractivity contribution in [3.8, 4) is 0 Å². The number of hydrogen-bond donors (Lipinski definition) is 1. The van der Waals surface area contributed by atoms with Crippen molar-refractivity contribution in [2.45, 2.75) is 81.1 Å². The lowest BCUT2D eigenvalue weighted by Crippen LogP contribution is -2.53. The number of amides is 2. The number of benzene rings is 2. The lowest BCUT2D eigenvalue weighted by atomic mass is 9.99. The van der Waals surface area contributed by atoms with Gasteiger partial charge in [-0.3, -0.25) is 9.59 Å². The molecular formula is C29H36N2O4S. The van der Waals surface area contributed by atoms with Crippen molar-refractivity contribution in [2.75, 3.05) is 6.54 Å². The van der Waals surface area contributed by atoms with E-state index in [1.54, 1.807) is 16.7 Å². The highest BCUT2D eigenvalue weighted by atomic mass is 32.2. The van der Waals surface area contributed by atoms with E-state index in [1.807, 2.05) is 74.5 Å². The summed E-state index contributed by atoms with van der Waals surface area (Å²) in [6, 6.07) is 18.6. The van der Waals surface area contributed by atoms with E-state index in [1.165, 1.54) is 0 Å². The fourth-order valence-electron chi connectivity index (χ4n) is 5.09. The van der Waals surface area contributed by atoms with Crippen LogP contribution in [0, 0.1) is 0 Å². The molecule has 2 heterocycles. The predicted octanol–water partition coefficient (Wildman–Crippen LogP) is 5.23. The number of ether oxygens (including phenoxy) is 1. The molecule has 0 spiro atoms. The second-order valence-electron chi connectivity index (χ2n) is 10.1. The maximum absolute atomic E-state index is 13.9. The van der Waals surface area contributed by atoms with Crippen LogP contribution in [-0.2, 0) is 19.1 Å². The summed E-state index contributed by atoms with van der Waals surface area (Å²) in [6.45, 7) is 4.28. The van der Waals surface area contributed by atoms with Crippen molar-refractivity contribution in [1.82, 2.24) is 10.2 Å². The molecule has 2 fully saturated rings. The smallest absolute Gasteiger partial charge is 0.331 e. The number of carbonyl (C=O) groups excluding carboxylic acids is 3. The number of thioether (sulfide) groups is 1. The normalized spacial score (nSPS) is 23.1. The van der Waals surface area contributed by atoms with E-state index in [4.69, 9.17) is 4.74 Å². The third-order valence-electron chi connectivity index (χ3n) is 6.90. The molecule has 0 bridgehead atoms. The molecule has 2 aromatic rings. The van der Waals surface area contributed by atoms with Gasteiger partial charge in [-0.05, 0) is 37.8 Å². The van der Waals surface area contributed by atoms with Crippen LogP contribution in [0.1, 0.15) is 76.0 Å². The van der Waals surface area contributed by atoms with Crippen LogP contribution in [0.25, 0.3) is 0 Å². The van der Waals surface area contributed by atoms with Crippen LogP contribution in [0.4, 0.5) is 0 Å². The van der Waals surface area contributed by atoms with Crippen molar-refractivity contribution in [3.05, 3.63) is 71.8 Å². The second kappa shape index (κ2) is 12.0. The minimum atomic E-state index is -0.753. The highest BCUT2D eigenvalue weighted by Gasteiger charge is 2.54. The topological polar surface area (TPSA) is 75.7 Å². The molecule has 2 aliphatic rings. The van der Waals surface area contributed by atoms with Crippen LogP contribution in [-0.4, -0.2) is 45.4 Å². The van der Waals surface area contributed by atoms with Crippen molar-refractivity contribution < 1.29 is 19.1 Å². The SMILES string of the molecule is CC1(C)S[C@@H]2CNC(=O)CCCCCCCC(=O)N2[C@H]1C(=O)OC(c1ccccc1)c1ccccc1. The van der Waals surface area contributed by atoms with Gasteiger partial charge in [0.2, 0.25) is 11.8 Å². The summed E-state index contributed by atoms with van der Waals surface area (Å²) in [5.41, 5.74) is 1.75. The minimum Gasteiger partial charge on any atom is -0.451 e. The van der Waals surface area contributed by atoms with Gasteiger partial charge in [0.15, 0.2) is 6.10 Å². The Kier molecular flexibility index (Phi) is 8.72. The molecule has 2 aliphatic heterocycles. The molecule has 0 aromatic heterocycles. The van der Waals surface area contributed by atoms with E-state index < -0.39 is 22.9 Å². The largest absolute Gasteiger partial charge is 0.451 e. The van der Waals surface area contributed by atoms with Gasteiger partial charge in [0.05, 0.1) is 5.37 Å². The Morgan fingerprint density at radius 3 is 2.08 bits per heavy atom. The summed E-state index contributed by atoms with van der Waals surface area (Å²) >= 11 is 1.56. The first kappa shape index (κ1) is 26.3. The predicted molar refractivity (Wildman–Crippen MR) is 142 cm³/mol. The highest BCUT2D eigenvalue weighted by molar-refractivity contribution is 8.01. The number of carbonyl (C=O) groups is 3. The zero-order valence-corrected chi connectivity index (χ0v) is 22.0. The first-order valence-corrected chi connectivity index (χ1v) is 13.8. The third-order valence-corrected chi connectivity index (χ3v) is 8.40. The molecule has 0 unspecified atom stereocenters. The molecule has 7 heteroatoms. The molecule has 0 saturated carbocycles. The number of esters is 1. The van der Waals surface area contributed by atoms with Crippen LogP contribution < -0.4 is 5.32 Å². The van der Waals surface area contributed by atoms with Crippen LogP contribution in [0.5, 0.6) is 0 Å². The summed E-state index contributed by atoms with van der Waals surface area (Å²) in [6.07, 6.45) is 4.90. The van der Waals surface area contributed by atoms with Gasteiger partial charge in [0.1, 0.15) is 6.04 Å². The lowest BCUT2D eigenvalue weighted by Gasteiger charge is -2.33. The van der Waals surface area contributed by atoms with E-state index in [0.29, 0.717) is 19.4 Å². The van der Waals surface area contributed by atoms with Crippen LogP contribution in [0.15, 0.2) is 60.7 Å². The molecule has 4 rings (SSSR count). The summed E-state index contributed by atoms with van der Waals surface area (Å²) < 4.78 is 5.65. The van der Waals surface area contributed by atoms with E-state index in [2.05, 4.69) is 5.32 Å². The Morgan fingerprint density at radius 2 is 1.47 bits per heavy atom. The van der Waals surface area contributed by atoms with E-state index in [0.717, 1.165) is 43.2 Å². The molecule has 2 saturated heterocycles. The number of hydrogen-bond acceptors (Lipinski definition) is 5. The fraction of sp³-hybridized carbons (Fsp3) is 0.483. The van der Waals surface area contributed by atoms with Gasteiger partial charge in [-0.1, -0.05) is 79.9 Å². The van der Waals surface area contributed by atoms with Crippen molar-refractivity contribution in [2.24, 2.45) is 0 Å². The molecule has 2 aromatic carbocycles. The molecule has 6 nitrogen and oxygen atoms in total. The van der Waals surface area contributed by atoms with Crippen LogP contribution in [0.3, 0.4) is 0 Å². The van der Waals surface area contributed by atoms with Crippen molar-refractivity contribution >= 4 is 29.5 Å². The van der Waals surface area contributed by atoms with Gasteiger partial charge < -0.3 is 15.0 Å². The van der Waals surface area contributed by atoms with Gasteiger partial charge in [-0.25, -0.2) is 4.79 Å². The van der Waals surface area contributed by atoms with Crippen molar-refractivity contribution in [1.29, 1.82) is 0 Å². The average Bonchev–Trinajstić information content (AvgIpc) is 3.16. The molecular weight excluding hydrogens is 472 g/mol. The first-order valence-electron chi connectivity index (χ1n) is 12.9. The number of fused-ring (bicyclic) bond motifs is 1. The molecule has 0 radical (unpaired) electrons. The van der Waals surface area contributed by atoms with E-state index >= 15 is 0 Å². The lowest BCUT2D eigenvalue weighted by molar-refractivity contribution is -0.159. The van der Waals surface area contributed by atoms with E-state index in [9.17, 15) is 14.4 Å². The summed E-state index contributed by atoms with van der Waals surface area (Å²) in [4.78, 5) is 41.5. The number of nitrogens with one attached hydrogen (secondary N) is 1. The average molecular weight is 509 g/mol.